The first-order chi connectivity index (χ1) is 9.72. The second-order valence-corrected chi connectivity index (χ2v) is 5.02. The molecule has 0 amide bonds. The number of hydrogen-bond donors (Lipinski definition) is 0. The Morgan fingerprint density at radius 3 is 3.05 bits per heavy atom. The molecule has 2 heterocycles. The highest BCUT2D eigenvalue weighted by Gasteiger charge is 2.09. The second-order valence-electron chi connectivity index (χ2n) is 4.08. The van der Waals surface area contributed by atoms with Crippen LogP contribution in [0.25, 0.3) is 5.69 Å². The zero-order chi connectivity index (χ0) is 13.9. The fraction of sp³-hybridized carbons (Fsp3) is 0.154. The Labute approximate surface area is 118 Å². The highest BCUT2D eigenvalue weighted by atomic mass is 32.2. The Hall–Kier alpha value is -2.15. The maximum Gasteiger partial charge on any atom is 0.223 e. The van der Waals surface area contributed by atoms with E-state index in [1.807, 2.05) is 10.6 Å². The summed E-state index contributed by atoms with van der Waals surface area (Å²) in [6, 6.07) is 6.37. The van der Waals surface area contributed by atoms with E-state index in [1.54, 1.807) is 25.4 Å². The molecule has 0 fully saturated rings. The molecule has 0 saturated heterocycles. The van der Waals surface area contributed by atoms with Gasteiger partial charge in [0.1, 0.15) is 5.82 Å². The van der Waals surface area contributed by atoms with Crippen LogP contribution in [-0.4, -0.2) is 19.7 Å². The monoisotopic (exact) mass is 290 g/mol. The number of hydrogen-bond acceptors (Lipinski definition) is 5. The molecule has 1 aromatic carbocycles. The molecule has 0 atom stereocenters. The van der Waals surface area contributed by atoms with Gasteiger partial charge in [0.15, 0.2) is 11.0 Å². The van der Waals surface area contributed by atoms with E-state index in [1.165, 1.54) is 23.9 Å². The van der Waals surface area contributed by atoms with E-state index >= 15 is 0 Å². The molecule has 3 rings (SSSR count). The number of nitrogens with zero attached hydrogens (tertiary/aromatic N) is 4. The van der Waals surface area contributed by atoms with Gasteiger partial charge in [-0.25, -0.2) is 9.37 Å². The first kappa shape index (κ1) is 12.9. The molecule has 0 bridgehead atoms. The predicted octanol–water partition coefficient (Wildman–Crippen LogP) is 3.00. The summed E-state index contributed by atoms with van der Waals surface area (Å²) in [6.45, 7) is 1.74. The van der Waals surface area contributed by atoms with Gasteiger partial charge in [-0.05, 0) is 18.2 Å². The summed E-state index contributed by atoms with van der Waals surface area (Å²) in [7, 11) is 0. The van der Waals surface area contributed by atoms with Gasteiger partial charge < -0.3 is 4.52 Å². The minimum absolute atomic E-state index is 0.277. The highest BCUT2D eigenvalue weighted by Crippen LogP contribution is 2.23. The maximum absolute atomic E-state index is 13.3. The van der Waals surface area contributed by atoms with Gasteiger partial charge in [0.25, 0.3) is 0 Å². The molecule has 3 aromatic rings. The number of thioether (sulfide) groups is 1. The molecule has 20 heavy (non-hydrogen) atoms. The van der Waals surface area contributed by atoms with Crippen LogP contribution in [0.1, 0.15) is 11.7 Å². The van der Waals surface area contributed by atoms with Crippen molar-refractivity contribution < 1.29 is 8.91 Å². The molecule has 0 aliphatic heterocycles. The Balaban J connectivity index is 1.80. The second kappa shape index (κ2) is 5.46. The van der Waals surface area contributed by atoms with Crippen molar-refractivity contribution in [2.75, 3.05) is 0 Å². The van der Waals surface area contributed by atoms with E-state index in [0.717, 1.165) is 10.8 Å². The van der Waals surface area contributed by atoms with Gasteiger partial charge in [0.05, 0.1) is 11.4 Å². The lowest BCUT2D eigenvalue weighted by Gasteiger charge is -2.06. The van der Waals surface area contributed by atoms with Crippen LogP contribution in [0.3, 0.4) is 0 Å². The molecule has 102 valence electrons. The molecular formula is C13H11FN4OS. The van der Waals surface area contributed by atoms with Gasteiger partial charge in [-0.15, -0.1) is 0 Å². The van der Waals surface area contributed by atoms with E-state index < -0.39 is 0 Å². The van der Waals surface area contributed by atoms with Gasteiger partial charge in [-0.2, -0.15) is 4.98 Å². The van der Waals surface area contributed by atoms with Crippen LogP contribution < -0.4 is 0 Å². The van der Waals surface area contributed by atoms with Crippen molar-refractivity contribution in [3.63, 3.8) is 0 Å². The summed E-state index contributed by atoms with van der Waals surface area (Å²) >= 11 is 1.47. The summed E-state index contributed by atoms with van der Waals surface area (Å²) < 4.78 is 20.0. The summed E-state index contributed by atoms with van der Waals surface area (Å²) in [5.41, 5.74) is 0.731. The van der Waals surface area contributed by atoms with Crippen molar-refractivity contribution >= 4 is 11.8 Å². The summed E-state index contributed by atoms with van der Waals surface area (Å²) in [5.74, 6) is 1.42. The number of aryl methyl sites for hydroxylation is 1. The fourth-order valence-corrected chi connectivity index (χ4v) is 2.56. The van der Waals surface area contributed by atoms with E-state index in [-0.39, 0.29) is 5.82 Å². The van der Waals surface area contributed by atoms with Crippen LogP contribution in [0.15, 0.2) is 46.3 Å². The molecule has 0 N–H and O–H groups in total. The van der Waals surface area contributed by atoms with Crippen molar-refractivity contribution in [2.45, 2.75) is 17.8 Å². The number of rotatable bonds is 4. The topological polar surface area (TPSA) is 56.7 Å². The SMILES string of the molecule is Cc1nc(CSc2nccn2-c2cccc(F)c2)no1. The Morgan fingerprint density at radius 2 is 2.30 bits per heavy atom. The molecule has 0 aliphatic carbocycles. The van der Waals surface area contributed by atoms with E-state index in [0.29, 0.717) is 17.5 Å². The van der Waals surface area contributed by atoms with Gasteiger partial charge in [-0.3, -0.25) is 4.57 Å². The van der Waals surface area contributed by atoms with E-state index in [2.05, 4.69) is 15.1 Å². The smallest absolute Gasteiger partial charge is 0.223 e. The fourth-order valence-electron chi connectivity index (χ4n) is 1.75. The van der Waals surface area contributed by atoms with Gasteiger partial charge in [0.2, 0.25) is 5.89 Å². The van der Waals surface area contributed by atoms with Crippen molar-refractivity contribution in [1.82, 2.24) is 19.7 Å². The molecule has 2 aromatic heterocycles. The van der Waals surface area contributed by atoms with Crippen LogP contribution in [-0.2, 0) is 5.75 Å². The zero-order valence-corrected chi connectivity index (χ0v) is 11.5. The van der Waals surface area contributed by atoms with Crippen molar-refractivity contribution in [3.05, 3.63) is 54.2 Å². The molecule has 0 saturated carbocycles. The standard InChI is InChI=1S/C13H11FN4OS/c1-9-16-12(17-19-9)8-20-13-15-5-6-18(13)11-4-2-3-10(14)7-11/h2-7H,8H2,1H3. The third kappa shape index (κ3) is 2.72. The molecular weight excluding hydrogens is 279 g/mol. The van der Waals surface area contributed by atoms with Crippen molar-refractivity contribution in [2.24, 2.45) is 0 Å². The first-order valence-corrected chi connectivity index (χ1v) is 6.92. The van der Waals surface area contributed by atoms with Gasteiger partial charge >= 0.3 is 0 Å². The predicted molar refractivity (Wildman–Crippen MR) is 72.1 cm³/mol. The summed E-state index contributed by atoms with van der Waals surface area (Å²) in [5, 5.41) is 4.58. The minimum Gasteiger partial charge on any atom is -0.340 e. The lowest BCUT2D eigenvalue weighted by molar-refractivity contribution is 0.389. The molecule has 0 spiro atoms. The van der Waals surface area contributed by atoms with E-state index in [4.69, 9.17) is 4.52 Å². The number of imidazole rings is 1. The summed E-state index contributed by atoms with van der Waals surface area (Å²) in [6.07, 6.45) is 3.47. The van der Waals surface area contributed by atoms with Crippen LogP contribution in [0.4, 0.5) is 4.39 Å². The molecule has 5 nitrogen and oxygen atoms in total. The van der Waals surface area contributed by atoms with E-state index in [9.17, 15) is 4.39 Å². The number of benzene rings is 1. The van der Waals surface area contributed by atoms with Crippen LogP contribution in [0, 0.1) is 12.7 Å². The van der Waals surface area contributed by atoms with Gasteiger partial charge in [-0.1, -0.05) is 23.0 Å². The summed E-state index contributed by atoms with van der Waals surface area (Å²) in [4.78, 5) is 8.39. The molecule has 0 unspecified atom stereocenters. The average molecular weight is 290 g/mol. The van der Waals surface area contributed by atoms with Crippen molar-refractivity contribution in [1.29, 1.82) is 0 Å². The van der Waals surface area contributed by atoms with Crippen molar-refractivity contribution in [3.8, 4) is 5.69 Å². The van der Waals surface area contributed by atoms with Crippen LogP contribution in [0.2, 0.25) is 0 Å². The lowest BCUT2D eigenvalue weighted by atomic mass is 10.3. The van der Waals surface area contributed by atoms with Gasteiger partial charge in [0, 0.05) is 19.3 Å². The maximum atomic E-state index is 13.3. The molecule has 0 radical (unpaired) electrons. The normalized spacial score (nSPS) is 10.9. The largest absolute Gasteiger partial charge is 0.340 e. The number of aromatic nitrogens is 4. The third-order valence-corrected chi connectivity index (χ3v) is 3.56. The molecule has 7 heteroatoms. The third-order valence-electron chi connectivity index (χ3n) is 2.59. The number of halogens is 1. The molecule has 0 aliphatic rings. The Morgan fingerprint density at radius 1 is 1.40 bits per heavy atom. The first-order valence-electron chi connectivity index (χ1n) is 5.93. The Bertz CT molecular complexity index is 724. The average Bonchev–Trinajstić information content (AvgIpc) is 3.05. The minimum atomic E-state index is -0.277. The Kier molecular flexibility index (Phi) is 3.51. The lowest BCUT2D eigenvalue weighted by Crippen LogP contribution is -1.96. The quantitative estimate of drug-likeness (QED) is 0.691. The zero-order valence-electron chi connectivity index (χ0n) is 10.7. The highest BCUT2D eigenvalue weighted by molar-refractivity contribution is 7.98. The van der Waals surface area contributed by atoms with Crippen LogP contribution >= 0.6 is 11.8 Å². The van der Waals surface area contributed by atoms with Crippen LogP contribution in [0.5, 0.6) is 0 Å².